The topological polar surface area (TPSA) is 47.3 Å². The number of carbonyl (C=O) groups is 1. The minimum Gasteiger partial charge on any atom is -0.340 e. The summed E-state index contributed by atoms with van der Waals surface area (Å²) < 4.78 is 0. The van der Waals surface area contributed by atoms with Gasteiger partial charge in [0.1, 0.15) is 5.41 Å². The van der Waals surface area contributed by atoms with Crippen molar-refractivity contribution in [2.45, 2.75) is 51.5 Å². The van der Waals surface area contributed by atoms with Crippen molar-refractivity contribution in [3.8, 4) is 6.07 Å². The number of nitriles is 1. The van der Waals surface area contributed by atoms with Crippen molar-refractivity contribution in [3.63, 3.8) is 0 Å². The van der Waals surface area contributed by atoms with Crippen molar-refractivity contribution in [2.24, 2.45) is 11.3 Å². The van der Waals surface area contributed by atoms with Crippen LogP contribution in [0.25, 0.3) is 0 Å². The second kappa shape index (κ2) is 5.37. The molecule has 2 heterocycles. The SMILES string of the molecule is CC1CC(C#N)(C(=O)N2CCC(N3CCCCC3)C2)C1. The molecule has 1 amide bonds. The number of carbonyl (C=O) groups excluding carboxylic acids is 1. The van der Waals surface area contributed by atoms with Gasteiger partial charge in [-0.2, -0.15) is 5.26 Å². The number of hydrogen-bond donors (Lipinski definition) is 0. The Bertz CT molecular complexity index is 416. The Hall–Kier alpha value is -1.08. The lowest BCUT2D eigenvalue weighted by Crippen LogP contribution is -2.50. The molecule has 1 saturated carbocycles. The molecule has 0 aromatic rings. The van der Waals surface area contributed by atoms with Gasteiger partial charge in [-0.05, 0) is 51.1 Å². The Balaban J connectivity index is 1.59. The molecule has 0 radical (unpaired) electrons. The highest BCUT2D eigenvalue weighted by molar-refractivity contribution is 5.86. The standard InChI is InChI=1S/C16H25N3O/c1-13-9-16(10-13,12-17)15(20)19-8-5-14(11-19)18-6-3-2-4-7-18/h13-14H,2-11H2,1H3. The molecule has 0 aromatic heterocycles. The van der Waals surface area contributed by atoms with Gasteiger partial charge in [0, 0.05) is 19.1 Å². The molecule has 3 aliphatic rings. The van der Waals surface area contributed by atoms with Gasteiger partial charge >= 0.3 is 0 Å². The molecule has 1 unspecified atom stereocenters. The quantitative estimate of drug-likeness (QED) is 0.774. The maximum absolute atomic E-state index is 12.6. The molecule has 1 atom stereocenters. The molecule has 2 saturated heterocycles. The van der Waals surface area contributed by atoms with E-state index in [4.69, 9.17) is 0 Å². The lowest BCUT2D eigenvalue weighted by atomic mass is 9.63. The van der Waals surface area contributed by atoms with E-state index in [1.165, 1.54) is 32.4 Å². The van der Waals surface area contributed by atoms with E-state index in [9.17, 15) is 10.1 Å². The Labute approximate surface area is 121 Å². The molecule has 0 aromatic carbocycles. The summed E-state index contributed by atoms with van der Waals surface area (Å²) in [6, 6.07) is 2.85. The van der Waals surface area contributed by atoms with E-state index >= 15 is 0 Å². The van der Waals surface area contributed by atoms with E-state index in [1.807, 2.05) is 4.90 Å². The molecule has 110 valence electrons. The summed E-state index contributed by atoms with van der Waals surface area (Å²) in [5, 5.41) is 9.39. The van der Waals surface area contributed by atoms with Gasteiger partial charge in [-0.3, -0.25) is 9.69 Å². The van der Waals surface area contributed by atoms with Gasteiger partial charge in [0.15, 0.2) is 0 Å². The monoisotopic (exact) mass is 275 g/mol. The lowest BCUT2D eigenvalue weighted by Gasteiger charge is -2.41. The lowest BCUT2D eigenvalue weighted by molar-refractivity contribution is -0.144. The molecule has 1 aliphatic carbocycles. The Morgan fingerprint density at radius 3 is 2.50 bits per heavy atom. The number of nitrogens with zero attached hydrogens (tertiary/aromatic N) is 3. The zero-order valence-electron chi connectivity index (χ0n) is 12.5. The largest absolute Gasteiger partial charge is 0.340 e. The first-order valence-corrected chi connectivity index (χ1v) is 8.09. The zero-order chi connectivity index (χ0) is 14.2. The summed E-state index contributed by atoms with van der Waals surface area (Å²) in [4.78, 5) is 17.2. The summed E-state index contributed by atoms with van der Waals surface area (Å²) in [7, 11) is 0. The molecule has 3 fully saturated rings. The van der Waals surface area contributed by atoms with Gasteiger partial charge in [0.25, 0.3) is 0 Å². The second-order valence-corrected chi connectivity index (χ2v) is 7.00. The van der Waals surface area contributed by atoms with Crippen LogP contribution in [0.4, 0.5) is 0 Å². The van der Waals surface area contributed by atoms with Gasteiger partial charge in [-0.1, -0.05) is 13.3 Å². The fraction of sp³-hybridized carbons (Fsp3) is 0.875. The molecular weight excluding hydrogens is 250 g/mol. The van der Waals surface area contributed by atoms with Crippen LogP contribution in [0.15, 0.2) is 0 Å². The highest BCUT2D eigenvalue weighted by Gasteiger charge is 2.51. The van der Waals surface area contributed by atoms with Gasteiger partial charge in [-0.15, -0.1) is 0 Å². The average Bonchev–Trinajstić information content (AvgIpc) is 2.93. The Morgan fingerprint density at radius 1 is 1.20 bits per heavy atom. The van der Waals surface area contributed by atoms with Gasteiger partial charge in [-0.25, -0.2) is 0 Å². The number of hydrogen-bond acceptors (Lipinski definition) is 3. The van der Waals surface area contributed by atoms with E-state index in [1.54, 1.807) is 0 Å². The fourth-order valence-electron chi connectivity index (χ4n) is 4.25. The molecule has 4 heteroatoms. The molecule has 0 bridgehead atoms. The second-order valence-electron chi connectivity index (χ2n) is 7.00. The third kappa shape index (κ3) is 2.33. The zero-order valence-corrected chi connectivity index (χ0v) is 12.5. The van der Waals surface area contributed by atoms with Gasteiger partial charge in [0.05, 0.1) is 6.07 Å². The van der Waals surface area contributed by atoms with Crippen LogP contribution < -0.4 is 0 Å². The fourth-order valence-corrected chi connectivity index (χ4v) is 4.25. The van der Waals surface area contributed by atoms with Crippen molar-refractivity contribution in [1.82, 2.24) is 9.80 Å². The number of likely N-dealkylation sites (tertiary alicyclic amines) is 2. The minimum atomic E-state index is -0.684. The molecule has 0 spiro atoms. The molecule has 2 aliphatic heterocycles. The van der Waals surface area contributed by atoms with Crippen LogP contribution in [0.3, 0.4) is 0 Å². The van der Waals surface area contributed by atoms with Crippen molar-refractivity contribution < 1.29 is 4.79 Å². The molecule has 3 rings (SSSR count). The van der Waals surface area contributed by atoms with Crippen LogP contribution in [0.1, 0.15) is 45.4 Å². The first-order chi connectivity index (χ1) is 9.64. The van der Waals surface area contributed by atoms with Crippen LogP contribution in [0.2, 0.25) is 0 Å². The number of amides is 1. The summed E-state index contributed by atoms with van der Waals surface area (Å²) >= 11 is 0. The summed E-state index contributed by atoms with van der Waals surface area (Å²) in [6.45, 7) is 6.19. The van der Waals surface area contributed by atoms with E-state index < -0.39 is 5.41 Å². The first-order valence-electron chi connectivity index (χ1n) is 8.09. The summed E-state index contributed by atoms with van der Waals surface area (Å²) in [5.41, 5.74) is -0.684. The van der Waals surface area contributed by atoms with Crippen LogP contribution in [0.5, 0.6) is 0 Å². The molecule has 0 N–H and O–H groups in total. The van der Waals surface area contributed by atoms with Crippen molar-refractivity contribution in [2.75, 3.05) is 26.2 Å². The van der Waals surface area contributed by atoms with E-state index in [0.29, 0.717) is 12.0 Å². The van der Waals surface area contributed by atoms with E-state index in [2.05, 4.69) is 17.9 Å². The van der Waals surface area contributed by atoms with Crippen molar-refractivity contribution >= 4 is 5.91 Å². The summed E-state index contributed by atoms with van der Waals surface area (Å²) in [5.74, 6) is 0.636. The van der Waals surface area contributed by atoms with Crippen LogP contribution in [-0.4, -0.2) is 47.9 Å². The van der Waals surface area contributed by atoms with Gasteiger partial charge in [0.2, 0.25) is 5.91 Å². The number of piperidine rings is 1. The molecule has 4 nitrogen and oxygen atoms in total. The minimum absolute atomic E-state index is 0.109. The highest BCUT2D eigenvalue weighted by atomic mass is 16.2. The average molecular weight is 275 g/mol. The van der Waals surface area contributed by atoms with Crippen LogP contribution in [0, 0.1) is 22.7 Å². The first kappa shape index (κ1) is 13.9. The van der Waals surface area contributed by atoms with Gasteiger partial charge < -0.3 is 4.90 Å². The van der Waals surface area contributed by atoms with E-state index in [0.717, 1.165) is 32.4 Å². The summed E-state index contributed by atoms with van der Waals surface area (Å²) in [6.07, 6.45) is 6.54. The van der Waals surface area contributed by atoms with Crippen LogP contribution >= 0.6 is 0 Å². The Kier molecular flexibility index (Phi) is 3.72. The predicted octanol–water partition coefficient (Wildman–Crippen LogP) is 2.01. The van der Waals surface area contributed by atoms with Crippen LogP contribution in [-0.2, 0) is 4.79 Å². The Morgan fingerprint density at radius 2 is 1.90 bits per heavy atom. The normalized spacial score (nSPS) is 38.3. The van der Waals surface area contributed by atoms with Crippen molar-refractivity contribution in [3.05, 3.63) is 0 Å². The van der Waals surface area contributed by atoms with Crippen molar-refractivity contribution in [1.29, 1.82) is 5.26 Å². The third-order valence-electron chi connectivity index (χ3n) is 5.37. The maximum Gasteiger partial charge on any atom is 0.243 e. The maximum atomic E-state index is 12.6. The molecular formula is C16H25N3O. The number of rotatable bonds is 2. The predicted molar refractivity (Wildman–Crippen MR) is 76.9 cm³/mol. The smallest absolute Gasteiger partial charge is 0.243 e. The third-order valence-corrected chi connectivity index (χ3v) is 5.37. The molecule has 20 heavy (non-hydrogen) atoms. The van der Waals surface area contributed by atoms with E-state index in [-0.39, 0.29) is 5.91 Å². The highest BCUT2D eigenvalue weighted by Crippen LogP contribution is 2.46.